The Labute approximate surface area is 198 Å². The molecule has 33 heavy (non-hydrogen) atoms. The molecular formula is C26H27N3O3S. The van der Waals surface area contributed by atoms with Crippen molar-refractivity contribution in [2.45, 2.75) is 0 Å². The van der Waals surface area contributed by atoms with Gasteiger partial charge in [-0.25, -0.2) is 4.98 Å². The van der Waals surface area contributed by atoms with Crippen LogP contribution >= 0.6 is 11.3 Å². The van der Waals surface area contributed by atoms with Gasteiger partial charge in [0.05, 0.1) is 14.2 Å². The Morgan fingerprint density at radius 2 is 1.48 bits per heavy atom. The molecular weight excluding hydrogens is 434 g/mol. The van der Waals surface area contributed by atoms with Crippen LogP contribution in [0.2, 0.25) is 0 Å². The van der Waals surface area contributed by atoms with E-state index in [9.17, 15) is 4.79 Å². The zero-order valence-electron chi connectivity index (χ0n) is 19.2. The Morgan fingerprint density at radius 1 is 0.848 bits per heavy atom. The third-order valence-corrected chi connectivity index (χ3v) is 6.48. The van der Waals surface area contributed by atoms with Crippen LogP contribution in [-0.4, -0.2) is 57.2 Å². The van der Waals surface area contributed by atoms with Crippen LogP contribution in [0.1, 0.15) is 10.4 Å². The highest BCUT2D eigenvalue weighted by Crippen LogP contribution is 2.40. The summed E-state index contributed by atoms with van der Waals surface area (Å²) >= 11 is 1.43. The van der Waals surface area contributed by atoms with Gasteiger partial charge in [-0.1, -0.05) is 53.8 Å². The van der Waals surface area contributed by atoms with Crippen LogP contribution in [0.3, 0.4) is 0 Å². The smallest absolute Gasteiger partial charge is 0.260 e. The monoisotopic (exact) mass is 461 g/mol. The van der Waals surface area contributed by atoms with Gasteiger partial charge in [0.2, 0.25) is 0 Å². The van der Waals surface area contributed by atoms with E-state index in [0.717, 1.165) is 15.8 Å². The number of carbonyl (C=O) groups is 1. The average Bonchev–Trinajstić information content (AvgIpc) is 3.29. The Hall–Kier alpha value is -3.42. The van der Waals surface area contributed by atoms with E-state index >= 15 is 0 Å². The molecule has 0 radical (unpaired) electrons. The van der Waals surface area contributed by atoms with Crippen molar-refractivity contribution < 1.29 is 14.3 Å². The first kappa shape index (κ1) is 22.8. The largest absolute Gasteiger partial charge is 0.495 e. The lowest BCUT2D eigenvalue weighted by atomic mass is 10.0. The third-order valence-electron chi connectivity index (χ3n) is 5.38. The minimum Gasteiger partial charge on any atom is -0.495 e. The number of amides is 1. The fourth-order valence-corrected chi connectivity index (χ4v) is 4.66. The highest BCUT2D eigenvalue weighted by molar-refractivity contribution is 7.22. The minimum atomic E-state index is -0.0894. The third kappa shape index (κ3) is 4.84. The van der Waals surface area contributed by atoms with Crippen molar-refractivity contribution in [2.24, 2.45) is 0 Å². The number of rotatable bonds is 8. The summed E-state index contributed by atoms with van der Waals surface area (Å²) < 4.78 is 11.9. The molecule has 0 N–H and O–H groups in total. The summed E-state index contributed by atoms with van der Waals surface area (Å²) in [5.41, 5.74) is 3.50. The van der Waals surface area contributed by atoms with E-state index in [4.69, 9.17) is 14.5 Å². The number of likely N-dealkylation sites (N-methyl/N-ethyl adjacent to an activating group) is 1. The summed E-state index contributed by atoms with van der Waals surface area (Å²) in [5, 5.41) is 0.617. The molecule has 0 fully saturated rings. The molecule has 1 heterocycles. The van der Waals surface area contributed by atoms with Crippen molar-refractivity contribution >= 4 is 32.6 Å². The molecule has 1 aromatic heterocycles. The van der Waals surface area contributed by atoms with E-state index in [0.29, 0.717) is 40.8 Å². The van der Waals surface area contributed by atoms with Gasteiger partial charge < -0.3 is 14.4 Å². The Morgan fingerprint density at radius 3 is 2.12 bits per heavy atom. The van der Waals surface area contributed by atoms with Gasteiger partial charge in [0.1, 0.15) is 21.7 Å². The van der Waals surface area contributed by atoms with Gasteiger partial charge in [0, 0.05) is 18.7 Å². The maximum atomic E-state index is 13.6. The van der Waals surface area contributed by atoms with Crippen LogP contribution in [0.15, 0.2) is 66.7 Å². The standard InChI is InChI=1S/C26H27N3O3S/c1-28(2)16-17-29(26-27-23-21(31-3)14-15-22(32-4)24(23)33-26)25(30)20-12-10-19(11-13-20)18-8-6-5-7-9-18/h5-15H,16-17H2,1-4H3. The van der Waals surface area contributed by atoms with Gasteiger partial charge in [0.15, 0.2) is 5.13 Å². The van der Waals surface area contributed by atoms with E-state index < -0.39 is 0 Å². The Bertz CT molecular complexity index is 1200. The number of benzene rings is 3. The van der Waals surface area contributed by atoms with E-state index in [-0.39, 0.29) is 5.91 Å². The summed E-state index contributed by atoms with van der Waals surface area (Å²) in [5.74, 6) is 1.27. The first-order valence-corrected chi connectivity index (χ1v) is 11.5. The Kier molecular flexibility index (Phi) is 6.91. The predicted octanol–water partition coefficient (Wildman–Crippen LogP) is 5.19. The predicted molar refractivity (Wildman–Crippen MR) is 135 cm³/mol. The molecule has 170 valence electrons. The molecule has 7 heteroatoms. The number of carbonyl (C=O) groups excluding carboxylic acids is 1. The highest BCUT2D eigenvalue weighted by Gasteiger charge is 2.23. The normalized spacial score (nSPS) is 11.1. The second-order valence-electron chi connectivity index (χ2n) is 7.85. The molecule has 0 saturated heterocycles. The fourth-order valence-electron chi connectivity index (χ4n) is 3.57. The van der Waals surface area contributed by atoms with E-state index in [1.807, 2.05) is 73.6 Å². The lowest BCUT2D eigenvalue weighted by Gasteiger charge is -2.22. The molecule has 6 nitrogen and oxygen atoms in total. The molecule has 0 bridgehead atoms. The van der Waals surface area contributed by atoms with Gasteiger partial charge in [-0.05, 0) is 49.5 Å². The number of hydrogen-bond donors (Lipinski definition) is 0. The fraction of sp³-hybridized carbons (Fsp3) is 0.231. The Balaban J connectivity index is 1.71. The topological polar surface area (TPSA) is 54.9 Å². The first-order chi connectivity index (χ1) is 16.0. The number of thiazole rings is 1. The van der Waals surface area contributed by atoms with Gasteiger partial charge in [-0.15, -0.1) is 0 Å². The molecule has 4 aromatic rings. The van der Waals surface area contributed by atoms with Gasteiger partial charge in [0.25, 0.3) is 5.91 Å². The van der Waals surface area contributed by atoms with Crippen LogP contribution in [-0.2, 0) is 0 Å². The van der Waals surface area contributed by atoms with Crippen LogP contribution in [0.5, 0.6) is 11.5 Å². The molecule has 0 spiro atoms. The number of fused-ring (bicyclic) bond motifs is 1. The first-order valence-electron chi connectivity index (χ1n) is 10.7. The zero-order valence-corrected chi connectivity index (χ0v) is 20.1. The van der Waals surface area contributed by atoms with Crippen LogP contribution in [0, 0.1) is 0 Å². The number of ether oxygens (including phenoxy) is 2. The molecule has 0 saturated carbocycles. The van der Waals surface area contributed by atoms with Crippen LogP contribution < -0.4 is 14.4 Å². The molecule has 0 aliphatic carbocycles. The summed E-state index contributed by atoms with van der Waals surface area (Å²) in [6.07, 6.45) is 0. The lowest BCUT2D eigenvalue weighted by molar-refractivity contribution is 0.0985. The molecule has 4 rings (SSSR count). The molecule has 0 atom stereocenters. The van der Waals surface area contributed by atoms with Gasteiger partial charge in [-0.3, -0.25) is 9.69 Å². The molecule has 0 unspecified atom stereocenters. The molecule has 1 amide bonds. The van der Waals surface area contributed by atoms with Crippen molar-refractivity contribution in [3.63, 3.8) is 0 Å². The average molecular weight is 462 g/mol. The van der Waals surface area contributed by atoms with Gasteiger partial charge >= 0.3 is 0 Å². The maximum absolute atomic E-state index is 13.6. The lowest BCUT2D eigenvalue weighted by Crippen LogP contribution is -2.36. The molecule has 0 aliphatic heterocycles. The summed E-state index contributed by atoms with van der Waals surface area (Å²) in [6.45, 7) is 1.22. The number of aromatic nitrogens is 1. The van der Waals surface area contributed by atoms with Crippen LogP contribution in [0.25, 0.3) is 21.3 Å². The summed E-state index contributed by atoms with van der Waals surface area (Å²) in [7, 11) is 7.22. The molecule has 0 aliphatic rings. The maximum Gasteiger partial charge on any atom is 0.260 e. The van der Waals surface area contributed by atoms with E-state index in [2.05, 4.69) is 12.1 Å². The number of hydrogen-bond acceptors (Lipinski definition) is 6. The quantitative estimate of drug-likeness (QED) is 0.362. The highest BCUT2D eigenvalue weighted by atomic mass is 32.1. The van der Waals surface area contributed by atoms with E-state index in [1.165, 1.54) is 11.3 Å². The van der Waals surface area contributed by atoms with E-state index in [1.54, 1.807) is 19.1 Å². The van der Waals surface area contributed by atoms with Crippen molar-refractivity contribution in [1.29, 1.82) is 0 Å². The van der Waals surface area contributed by atoms with Crippen LogP contribution in [0.4, 0.5) is 5.13 Å². The van der Waals surface area contributed by atoms with Crippen molar-refractivity contribution in [3.8, 4) is 22.6 Å². The van der Waals surface area contributed by atoms with Crippen molar-refractivity contribution in [3.05, 3.63) is 72.3 Å². The SMILES string of the molecule is COc1ccc(OC)c2sc(N(CCN(C)C)C(=O)c3ccc(-c4ccccc4)cc3)nc12. The summed E-state index contributed by atoms with van der Waals surface area (Å²) in [4.78, 5) is 22.2. The van der Waals surface area contributed by atoms with Gasteiger partial charge in [-0.2, -0.15) is 0 Å². The zero-order chi connectivity index (χ0) is 23.4. The number of nitrogens with zero attached hydrogens (tertiary/aromatic N) is 3. The number of anilines is 1. The molecule has 3 aromatic carbocycles. The summed E-state index contributed by atoms with van der Waals surface area (Å²) in [6, 6.07) is 21.5. The second kappa shape index (κ2) is 10.0. The number of methoxy groups -OCH3 is 2. The van der Waals surface area contributed by atoms with Crippen molar-refractivity contribution in [2.75, 3.05) is 46.3 Å². The minimum absolute atomic E-state index is 0.0894. The van der Waals surface area contributed by atoms with Crippen molar-refractivity contribution in [1.82, 2.24) is 9.88 Å². The second-order valence-corrected chi connectivity index (χ2v) is 8.83.